The zero-order chi connectivity index (χ0) is 11.2. The van der Waals surface area contributed by atoms with Gasteiger partial charge in [-0.05, 0) is 19.8 Å². The highest BCUT2D eigenvalue weighted by Gasteiger charge is 1.98. The molecule has 0 saturated carbocycles. The molecule has 0 amide bonds. The zero-order valence-electron chi connectivity index (χ0n) is 9.13. The Labute approximate surface area is 97.7 Å². The first-order chi connectivity index (χ1) is 7.84. The standard InChI is InChI=1S/C9H14N6S/c1-8-13-14-9(16-8)10-4-2-3-5-15-6-11-12-7-15/h6-7H,2-5H2,1H3,(H,10,14). The van der Waals surface area contributed by atoms with E-state index >= 15 is 0 Å². The van der Waals surface area contributed by atoms with Crippen LogP contribution in [0.25, 0.3) is 0 Å². The maximum atomic E-state index is 4.00. The van der Waals surface area contributed by atoms with Crippen molar-refractivity contribution in [2.24, 2.45) is 0 Å². The van der Waals surface area contributed by atoms with Gasteiger partial charge >= 0.3 is 0 Å². The molecule has 0 atom stereocenters. The van der Waals surface area contributed by atoms with Gasteiger partial charge in [-0.25, -0.2) is 0 Å². The van der Waals surface area contributed by atoms with Gasteiger partial charge < -0.3 is 9.88 Å². The van der Waals surface area contributed by atoms with Crippen molar-refractivity contribution >= 4 is 16.5 Å². The molecule has 0 fully saturated rings. The molecule has 1 N–H and O–H groups in total. The summed E-state index contributed by atoms with van der Waals surface area (Å²) in [7, 11) is 0. The van der Waals surface area contributed by atoms with E-state index in [9.17, 15) is 0 Å². The first-order valence-electron chi connectivity index (χ1n) is 5.21. The summed E-state index contributed by atoms with van der Waals surface area (Å²) in [6.07, 6.45) is 5.67. The van der Waals surface area contributed by atoms with Gasteiger partial charge in [0.25, 0.3) is 0 Å². The van der Waals surface area contributed by atoms with E-state index in [4.69, 9.17) is 0 Å². The summed E-state index contributed by atoms with van der Waals surface area (Å²) >= 11 is 1.58. The van der Waals surface area contributed by atoms with E-state index in [-0.39, 0.29) is 0 Å². The van der Waals surface area contributed by atoms with Gasteiger partial charge in [-0.1, -0.05) is 11.3 Å². The summed E-state index contributed by atoms with van der Waals surface area (Å²) in [5.41, 5.74) is 0. The average Bonchev–Trinajstić information content (AvgIpc) is 2.89. The Balaban J connectivity index is 1.59. The molecule has 2 aromatic rings. The molecule has 6 nitrogen and oxygen atoms in total. The molecule has 0 aliphatic rings. The average molecular weight is 238 g/mol. The first-order valence-corrected chi connectivity index (χ1v) is 6.02. The minimum atomic E-state index is 0.904. The molecule has 16 heavy (non-hydrogen) atoms. The van der Waals surface area contributed by atoms with E-state index < -0.39 is 0 Å². The molecule has 7 heteroatoms. The highest BCUT2D eigenvalue weighted by atomic mass is 32.1. The molecule has 0 saturated heterocycles. The van der Waals surface area contributed by atoms with Crippen LogP contribution in [0.3, 0.4) is 0 Å². The van der Waals surface area contributed by atoms with Crippen molar-refractivity contribution in [2.75, 3.05) is 11.9 Å². The second kappa shape index (κ2) is 5.55. The quantitative estimate of drug-likeness (QED) is 0.769. The van der Waals surface area contributed by atoms with Gasteiger partial charge in [0.2, 0.25) is 5.13 Å². The number of rotatable bonds is 6. The monoisotopic (exact) mass is 238 g/mol. The van der Waals surface area contributed by atoms with Crippen molar-refractivity contribution in [3.63, 3.8) is 0 Å². The lowest BCUT2D eigenvalue weighted by Crippen LogP contribution is -2.03. The van der Waals surface area contributed by atoms with E-state index in [1.807, 2.05) is 11.5 Å². The van der Waals surface area contributed by atoms with Crippen molar-refractivity contribution in [1.29, 1.82) is 0 Å². The number of hydrogen-bond donors (Lipinski definition) is 1. The van der Waals surface area contributed by atoms with Crippen LogP contribution in [0.4, 0.5) is 5.13 Å². The Hall–Kier alpha value is -1.50. The van der Waals surface area contributed by atoms with Crippen molar-refractivity contribution in [2.45, 2.75) is 26.3 Å². The predicted molar refractivity (Wildman–Crippen MR) is 62.4 cm³/mol. The van der Waals surface area contributed by atoms with E-state index in [0.29, 0.717) is 0 Å². The number of hydrogen-bond acceptors (Lipinski definition) is 6. The van der Waals surface area contributed by atoms with Crippen LogP contribution in [-0.2, 0) is 6.54 Å². The normalized spacial score (nSPS) is 10.6. The highest BCUT2D eigenvalue weighted by Crippen LogP contribution is 2.13. The summed E-state index contributed by atoms with van der Waals surface area (Å²) in [6, 6.07) is 0. The van der Waals surface area contributed by atoms with Crippen molar-refractivity contribution < 1.29 is 0 Å². The molecule has 0 aliphatic heterocycles. The molecule has 0 bridgehead atoms. The number of anilines is 1. The second-order valence-electron chi connectivity index (χ2n) is 3.46. The smallest absolute Gasteiger partial charge is 0.205 e. The van der Waals surface area contributed by atoms with Gasteiger partial charge in [-0.3, -0.25) is 0 Å². The molecule has 0 radical (unpaired) electrons. The molecular formula is C9H14N6S. The van der Waals surface area contributed by atoms with Crippen LogP contribution < -0.4 is 5.32 Å². The summed E-state index contributed by atoms with van der Waals surface area (Å²) < 4.78 is 1.98. The van der Waals surface area contributed by atoms with Crippen LogP contribution in [0.1, 0.15) is 17.8 Å². The fourth-order valence-electron chi connectivity index (χ4n) is 1.32. The number of nitrogens with one attached hydrogen (secondary N) is 1. The maximum absolute atomic E-state index is 4.00. The minimum absolute atomic E-state index is 0.904. The Morgan fingerprint density at radius 3 is 2.75 bits per heavy atom. The van der Waals surface area contributed by atoms with Gasteiger partial charge in [-0.15, -0.1) is 20.4 Å². The van der Waals surface area contributed by atoms with E-state index in [1.54, 1.807) is 24.0 Å². The summed E-state index contributed by atoms with van der Waals surface area (Å²) in [5.74, 6) is 0. The van der Waals surface area contributed by atoms with Crippen LogP contribution in [0.15, 0.2) is 12.7 Å². The zero-order valence-corrected chi connectivity index (χ0v) is 9.94. The van der Waals surface area contributed by atoms with E-state index in [0.717, 1.165) is 36.1 Å². The van der Waals surface area contributed by atoms with Gasteiger partial charge in [0, 0.05) is 13.1 Å². The molecule has 0 unspecified atom stereocenters. The van der Waals surface area contributed by atoms with Crippen molar-refractivity contribution in [3.05, 3.63) is 17.7 Å². The number of aromatic nitrogens is 5. The summed E-state index contributed by atoms with van der Waals surface area (Å²) in [6.45, 7) is 3.84. The third kappa shape index (κ3) is 3.27. The van der Waals surface area contributed by atoms with E-state index in [2.05, 4.69) is 25.7 Å². The molecule has 0 aliphatic carbocycles. The van der Waals surface area contributed by atoms with Crippen LogP contribution in [0.2, 0.25) is 0 Å². The Morgan fingerprint density at radius 2 is 2.06 bits per heavy atom. The molecular weight excluding hydrogens is 224 g/mol. The lowest BCUT2D eigenvalue weighted by molar-refractivity contribution is 0.619. The molecule has 86 valence electrons. The first kappa shape index (κ1) is 11.0. The van der Waals surface area contributed by atoms with Gasteiger partial charge in [0.1, 0.15) is 17.7 Å². The molecule has 0 spiro atoms. The van der Waals surface area contributed by atoms with Crippen molar-refractivity contribution in [3.8, 4) is 0 Å². The van der Waals surface area contributed by atoms with Gasteiger partial charge in [0.05, 0.1) is 0 Å². The number of nitrogens with zero attached hydrogens (tertiary/aromatic N) is 5. The Bertz CT molecular complexity index is 409. The maximum Gasteiger partial charge on any atom is 0.205 e. The van der Waals surface area contributed by atoms with E-state index in [1.165, 1.54) is 0 Å². The Kier molecular flexibility index (Phi) is 3.81. The fourth-order valence-corrected chi connectivity index (χ4v) is 1.94. The fraction of sp³-hybridized carbons (Fsp3) is 0.556. The molecule has 2 rings (SSSR count). The van der Waals surface area contributed by atoms with Crippen LogP contribution in [-0.4, -0.2) is 31.5 Å². The topological polar surface area (TPSA) is 68.5 Å². The third-order valence-corrected chi connectivity index (χ3v) is 2.91. The third-order valence-electron chi connectivity index (χ3n) is 2.11. The largest absolute Gasteiger partial charge is 0.360 e. The molecule has 0 aromatic carbocycles. The van der Waals surface area contributed by atoms with Crippen LogP contribution in [0, 0.1) is 6.92 Å². The van der Waals surface area contributed by atoms with Crippen LogP contribution in [0.5, 0.6) is 0 Å². The molecule has 2 heterocycles. The van der Waals surface area contributed by atoms with Gasteiger partial charge in [0.15, 0.2) is 0 Å². The molecule has 2 aromatic heterocycles. The summed E-state index contributed by atoms with van der Waals surface area (Å²) in [4.78, 5) is 0. The SMILES string of the molecule is Cc1nnc(NCCCCn2cnnc2)s1. The number of unbranched alkanes of at least 4 members (excludes halogenated alkanes) is 1. The summed E-state index contributed by atoms with van der Waals surface area (Å²) in [5, 5.41) is 20.6. The lowest BCUT2D eigenvalue weighted by Gasteiger charge is -2.02. The minimum Gasteiger partial charge on any atom is -0.360 e. The lowest BCUT2D eigenvalue weighted by atomic mass is 10.3. The van der Waals surface area contributed by atoms with Gasteiger partial charge in [-0.2, -0.15) is 0 Å². The number of aryl methyl sites for hydroxylation is 2. The predicted octanol–water partition coefficient (Wildman–Crippen LogP) is 1.33. The second-order valence-corrected chi connectivity index (χ2v) is 4.64. The Morgan fingerprint density at radius 1 is 1.25 bits per heavy atom. The highest BCUT2D eigenvalue weighted by molar-refractivity contribution is 7.15. The van der Waals surface area contributed by atoms with Crippen LogP contribution >= 0.6 is 11.3 Å². The van der Waals surface area contributed by atoms with Crippen molar-refractivity contribution in [1.82, 2.24) is 25.0 Å².